The molecule has 2 aliphatic rings. The van der Waals surface area contributed by atoms with Crippen LogP contribution in [0.5, 0.6) is 0 Å². The molecule has 0 heterocycles. The zero-order chi connectivity index (χ0) is 6.97. The standard InChI is InChI=1S/C9H14O/c10-9-5-7-3-1-2-4-8(7)6-9/h5,7-8,10H,1-4,6H2. The van der Waals surface area contributed by atoms with Crippen molar-refractivity contribution >= 4 is 0 Å². The molecule has 0 aromatic carbocycles. The average Bonchev–Trinajstić information content (AvgIpc) is 2.27. The van der Waals surface area contributed by atoms with Crippen molar-refractivity contribution in [2.24, 2.45) is 11.8 Å². The van der Waals surface area contributed by atoms with E-state index in [9.17, 15) is 5.11 Å². The Morgan fingerprint density at radius 2 is 2.10 bits per heavy atom. The quantitative estimate of drug-likeness (QED) is 0.545. The Labute approximate surface area is 61.8 Å². The van der Waals surface area contributed by atoms with Gasteiger partial charge in [0.2, 0.25) is 0 Å². The molecule has 0 saturated heterocycles. The second-order valence-electron chi connectivity index (χ2n) is 3.57. The highest BCUT2D eigenvalue weighted by Crippen LogP contribution is 2.39. The van der Waals surface area contributed by atoms with Crippen molar-refractivity contribution in [3.8, 4) is 0 Å². The summed E-state index contributed by atoms with van der Waals surface area (Å²) in [6.07, 6.45) is 8.43. The number of aliphatic hydroxyl groups excluding tert-OH is 1. The summed E-state index contributed by atoms with van der Waals surface area (Å²) in [4.78, 5) is 0. The van der Waals surface area contributed by atoms with E-state index in [0.717, 1.165) is 18.3 Å². The van der Waals surface area contributed by atoms with Crippen LogP contribution in [0.2, 0.25) is 0 Å². The Morgan fingerprint density at radius 1 is 1.30 bits per heavy atom. The lowest BCUT2D eigenvalue weighted by Crippen LogP contribution is -2.12. The van der Waals surface area contributed by atoms with Crippen LogP contribution in [-0.4, -0.2) is 5.11 Å². The van der Waals surface area contributed by atoms with Crippen LogP contribution in [0, 0.1) is 11.8 Å². The van der Waals surface area contributed by atoms with Gasteiger partial charge in [0.05, 0.1) is 5.76 Å². The van der Waals surface area contributed by atoms with Crippen LogP contribution in [0.15, 0.2) is 11.8 Å². The molecular formula is C9H14O. The van der Waals surface area contributed by atoms with E-state index in [2.05, 4.69) is 6.08 Å². The van der Waals surface area contributed by atoms with Crippen molar-refractivity contribution in [2.45, 2.75) is 32.1 Å². The van der Waals surface area contributed by atoms with Gasteiger partial charge in [-0.15, -0.1) is 0 Å². The van der Waals surface area contributed by atoms with Crippen LogP contribution >= 0.6 is 0 Å². The minimum atomic E-state index is 0.650. The maximum absolute atomic E-state index is 9.22. The van der Waals surface area contributed by atoms with Crippen LogP contribution in [0.4, 0.5) is 0 Å². The summed E-state index contributed by atoms with van der Waals surface area (Å²) in [5.74, 6) is 2.18. The van der Waals surface area contributed by atoms with Gasteiger partial charge in [-0.3, -0.25) is 0 Å². The molecule has 2 aliphatic carbocycles. The Bertz CT molecular complexity index is 160. The third-order valence-electron chi connectivity index (χ3n) is 2.85. The van der Waals surface area contributed by atoms with Crippen molar-refractivity contribution in [3.05, 3.63) is 11.8 Å². The van der Waals surface area contributed by atoms with E-state index in [0.29, 0.717) is 5.76 Å². The van der Waals surface area contributed by atoms with Crippen LogP contribution in [0.25, 0.3) is 0 Å². The van der Waals surface area contributed by atoms with Gasteiger partial charge in [0, 0.05) is 6.42 Å². The number of rotatable bonds is 0. The molecule has 0 aliphatic heterocycles. The van der Waals surface area contributed by atoms with Gasteiger partial charge in [-0.05, 0) is 30.8 Å². The maximum Gasteiger partial charge on any atom is 0.0888 e. The first-order valence-corrected chi connectivity index (χ1v) is 4.26. The molecule has 1 N–H and O–H groups in total. The second-order valence-corrected chi connectivity index (χ2v) is 3.57. The van der Waals surface area contributed by atoms with Crippen molar-refractivity contribution < 1.29 is 5.11 Å². The predicted molar refractivity (Wildman–Crippen MR) is 40.8 cm³/mol. The van der Waals surface area contributed by atoms with Crippen LogP contribution in [0.3, 0.4) is 0 Å². The van der Waals surface area contributed by atoms with E-state index in [1.54, 1.807) is 0 Å². The monoisotopic (exact) mass is 138 g/mol. The van der Waals surface area contributed by atoms with Crippen LogP contribution in [-0.2, 0) is 0 Å². The third-order valence-corrected chi connectivity index (χ3v) is 2.85. The maximum atomic E-state index is 9.22. The minimum absolute atomic E-state index is 0.650. The van der Waals surface area contributed by atoms with Gasteiger partial charge in [0.1, 0.15) is 0 Å². The molecule has 1 heteroatoms. The Hall–Kier alpha value is -0.460. The first kappa shape index (κ1) is 6.26. The van der Waals surface area contributed by atoms with Gasteiger partial charge in [-0.2, -0.15) is 0 Å². The number of hydrogen-bond acceptors (Lipinski definition) is 1. The zero-order valence-electron chi connectivity index (χ0n) is 6.21. The van der Waals surface area contributed by atoms with Crippen molar-refractivity contribution in [1.82, 2.24) is 0 Å². The van der Waals surface area contributed by atoms with Crippen molar-refractivity contribution in [2.75, 3.05) is 0 Å². The second kappa shape index (κ2) is 2.30. The predicted octanol–water partition coefficient (Wildman–Crippen LogP) is 2.64. The normalized spacial score (nSPS) is 39.0. The van der Waals surface area contributed by atoms with Crippen LogP contribution in [0.1, 0.15) is 32.1 Å². The van der Waals surface area contributed by atoms with Crippen molar-refractivity contribution in [1.29, 1.82) is 0 Å². The molecule has 1 saturated carbocycles. The van der Waals surface area contributed by atoms with Gasteiger partial charge >= 0.3 is 0 Å². The van der Waals surface area contributed by atoms with E-state index in [1.807, 2.05) is 0 Å². The fourth-order valence-electron chi connectivity index (χ4n) is 2.29. The molecule has 1 nitrogen and oxygen atoms in total. The SMILES string of the molecule is OC1=CC2CCCCC2C1. The van der Waals surface area contributed by atoms with Gasteiger partial charge in [0.25, 0.3) is 0 Å². The smallest absolute Gasteiger partial charge is 0.0888 e. The van der Waals surface area contributed by atoms with E-state index in [1.165, 1.54) is 25.7 Å². The number of hydrogen-bond donors (Lipinski definition) is 1. The first-order valence-electron chi connectivity index (χ1n) is 4.26. The molecule has 2 unspecified atom stereocenters. The van der Waals surface area contributed by atoms with E-state index < -0.39 is 0 Å². The highest BCUT2D eigenvalue weighted by molar-refractivity contribution is 5.07. The van der Waals surface area contributed by atoms with Crippen LogP contribution < -0.4 is 0 Å². The summed E-state index contributed by atoms with van der Waals surface area (Å²) in [5.41, 5.74) is 0. The zero-order valence-corrected chi connectivity index (χ0v) is 6.21. The lowest BCUT2D eigenvalue weighted by molar-refractivity contribution is 0.287. The number of allylic oxidation sites excluding steroid dienone is 2. The summed E-state index contributed by atoms with van der Waals surface area (Å²) in [5, 5.41) is 9.22. The summed E-state index contributed by atoms with van der Waals surface area (Å²) in [7, 11) is 0. The summed E-state index contributed by atoms with van der Waals surface area (Å²) in [6, 6.07) is 0. The Kier molecular flexibility index (Phi) is 1.44. The molecule has 0 spiro atoms. The van der Waals surface area contributed by atoms with E-state index in [-0.39, 0.29) is 0 Å². The molecule has 56 valence electrons. The molecule has 1 fully saturated rings. The average molecular weight is 138 g/mol. The fourth-order valence-corrected chi connectivity index (χ4v) is 2.29. The van der Waals surface area contributed by atoms with E-state index >= 15 is 0 Å². The summed E-state index contributed by atoms with van der Waals surface area (Å²) in [6.45, 7) is 0. The molecule has 0 aromatic rings. The lowest BCUT2D eigenvalue weighted by Gasteiger charge is -2.23. The number of aliphatic hydroxyl groups is 1. The van der Waals surface area contributed by atoms with Gasteiger partial charge in [0.15, 0.2) is 0 Å². The molecule has 0 radical (unpaired) electrons. The molecule has 10 heavy (non-hydrogen) atoms. The van der Waals surface area contributed by atoms with Gasteiger partial charge in [-0.25, -0.2) is 0 Å². The number of fused-ring (bicyclic) bond motifs is 1. The summed E-state index contributed by atoms with van der Waals surface area (Å²) < 4.78 is 0. The van der Waals surface area contributed by atoms with Crippen molar-refractivity contribution in [3.63, 3.8) is 0 Å². The molecule has 2 atom stereocenters. The highest BCUT2D eigenvalue weighted by atomic mass is 16.3. The lowest BCUT2D eigenvalue weighted by atomic mass is 9.82. The first-order chi connectivity index (χ1) is 4.86. The fraction of sp³-hybridized carbons (Fsp3) is 0.778. The molecule has 0 bridgehead atoms. The Morgan fingerprint density at radius 3 is 2.90 bits per heavy atom. The largest absolute Gasteiger partial charge is 0.513 e. The third kappa shape index (κ3) is 0.938. The highest BCUT2D eigenvalue weighted by Gasteiger charge is 2.29. The molecule has 0 amide bonds. The molecule has 0 aromatic heterocycles. The van der Waals surface area contributed by atoms with E-state index in [4.69, 9.17) is 0 Å². The topological polar surface area (TPSA) is 20.2 Å². The molecular weight excluding hydrogens is 124 g/mol. The van der Waals surface area contributed by atoms with Gasteiger partial charge < -0.3 is 5.11 Å². The Balaban J connectivity index is 2.06. The minimum Gasteiger partial charge on any atom is -0.513 e. The summed E-state index contributed by atoms with van der Waals surface area (Å²) >= 11 is 0. The molecule has 2 rings (SSSR count). The van der Waals surface area contributed by atoms with Gasteiger partial charge in [-0.1, -0.05) is 12.8 Å².